The maximum Gasteiger partial charge on any atom is 0.303 e. The first-order chi connectivity index (χ1) is 22.6. The molecular weight excluding hydrogens is 592 g/mol. The molecule has 0 bridgehead atoms. The zero-order chi connectivity index (χ0) is 34.6. The van der Waals surface area contributed by atoms with Crippen LogP contribution in [0.3, 0.4) is 0 Å². The molecule has 0 aliphatic carbocycles. The molecule has 1 aromatic rings. The fourth-order valence-corrected chi connectivity index (χ4v) is 6.42. The van der Waals surface area contributed by atoms with E-state index in [9.17, 15) is 30.3 Å². The van der Waals surface area contributed by atoms with Crippen molar-refractivity contribution in [2.75, 3.05) is 13.2 Å². The first-order valence-corrected chi connectivity index (χ1v) is 18.0. The minimum Gasteiger partial charge on any atom is -0.481 e. The third-order valence-corrected chi connectivity index (χ3v) is 9.18. The number of benzene rings is 1. The van der Waals surface area contributed by atoms with Gasteiger partial charge in [-0.15, -0.1) is 0 Å². The molecule has 0 saturated carbocycles. The number of allylic oxidation sites excluding steroid dienone is 2. The first kappa shape index (κ1) is 40.7. The zero-order valence-corrected chi connectivity index (χ0v) is 29.3. The number of rotatable bonds is 20. The summed E-state index contributed by atoms with van der Waals surface area (Å²) in [6.07, 6.45) is 11.2. The van der Waals surface area contributed by atoms with E-state index in [4.69, 9.17) is 0 Å². The summed E-state index contributed by atoms with van der Waals surface area (Å²) in [4.78, 5) is 11.3. The molecule has 6 atom stereocenters. The number of aliphatic hydroxyl groups excluding tert-OH is 4. The standard InChI is InChI=1S/C39H62N2O6/c1-5-8-9-16-33(44)24-22-31-21-20-30-14-10-13-29(6-2)35(30)17-12-18-37(28(4)43)41-38(36(31)26-34(45)27-42)19-11-15-32(40-7-3)23-25-39(46)47/h10,13-14,22,24,28,32-34,37-38,40-45H,5-9,11,15-16,18-21,23,25-27H2,1-4H3,(H,46,47). The van der Waals surface area contributed by atoms with Gasteiger partial charge < -0.3 is 36.2 Å². The lowest BCUT2D eigenvalue weighted by Crippen LogP contribution is -2.46. The second-order valence-corrected chi connectivity index (χ2v) is 13.0. The fourth-order valence-electron chi connectivity index (χ4n) is 6.42. The van der Waals surface area contributed by atoms with Crippen molar-refractivity contribution >= 4 is 5.97 Å². The van der Waals surface area contributed by atoms with Crippen LogP contribution in [0, 0.1) is 11.8 Å². The van der Waals surface area contributed by atoms with E-state index in [1.165, 1.54) is 5.56 Å². The second-order valence-electron chi connectivity index (χ2n) is 13.0. The highest BCUT2D eigenvalue weighted by atomic mass is 16.4. The summed E-state index contributed by atoms with van der Waals surface area (Å²) < 4.78 is 0. The zero-order valence-electron chi connectivity index (χ0n) is 29.3. The molecule has 1 aromatic carbocycles. The van der Waals surface area contributed by atoms with Gasteiger partial charge in [-0.1, -0.05) is 88.6 Å². The lowest BCUT2D eigenvalue weighted by atomic mass is 9.86. The van der Waals surface area contributed by atoms with Crippen LogP contribution in [-0.2, 0) is 17.6 Å². The van der Waals surface area contributed by atoms with Gasteiger partial charge in [-0.05, 0) is 87.1 Å². The largest absolute Gasteiger partial charge is 0.481 e. The Morgan fingerprint density at radius 3 is 2.53 bits per heavy atom. The van der Waals surface area contributed by atoms with Crippen LogP contribution in [0.2, 0.25) is 0 Å². The lowest BCUT2D eigenvalue weighted by Gasteiger charge is -2.32. The minimum absolute atomic E-state index is 0.0677. The molecule has 8 nitrogen and oxygen atoms in total. The molecule has 0 radical (unpaired) electrons. The molecule has 2 rings (SSSR count). The average molecular weight is 655 g/mol. The van der Waals surface area contributed by atoms with Crippen LogP contribution in [0.4, 0.5) is 0 Å². The summed E-state index contributed by atoms with van der Waals surface area (Å²) in [6, 6.07) is 5.80. The van der Waals surface area contributed by atoms with Crippen LogP contribution in [0.25, 0.3) is 0 Å². The Labute approximate surface area is 283 Å². The number of hydrogen-bond acceptors (Lipinski definition) is 7. The topological polar surface area (TPSA) is 142 Å². The maximum atomic E-state index is 11.3. The molecule has 47 heavy (non-hydrogen) atoms. The van der Waals surface area contributed by atoms with Crippen molar-refractivity contribution in [2.45, 2.75) is 154 Å². The number of hydrogen-bond donors (Lipinski definition) is 7. The van der Waals surface area contributed by atoms with Crippen molar-refractivity contribution in [3.63, 3.8) is 0 Å². The van der Waals surface area contributed by atoms with E-state index in [-0.39, 0.29) is 37.6 Å². The molecule has 8 heteroatoms. The number of aryl methyl sites for hydroxylation is 2. The van der Waals surface area contributed by atoms with Gasteiger partial charge in [0.2, 0.25) is 0 Å². The van der Waals surface area contributed by atoms with Gasteiger partial charge >= 0.3 is 5.97 Å². The predicted octanol–water partition coefficient (Wildman–Crippen LogP) is 5.19. The van der Waals surface area contributed by atoms with Crippen LogP contribution >= 0.6 is 0 Å². The van der Waals surface area contributed by atoms with E-state index in [0.29, 0.717) is 32.1 Å². The van der Waals surface area contributed by atoms with E-state index in [1.807, 2.05) is 19.1 Å². The number of aliphatic carboxylic acids is 1. The molecule has 7 N–H and O–H groups in total. The SMILES string of the molecule is CCCCCC(O)C=CC1=C(CC(O)CO)C(CCCC(CCC(=O)O)NCC)NC(C(C)O)CC#Cc2c(CC)cccc2CC1. The van der Waals surface area contributed by atoms with Gasteiger partial charge in [0.1, 0.15) is 0 Å². The van der Waals surface area contributed by atoms with Crippen molar-refractivity contribution < 1.29 is 30.3 Å². The van der Waals surface area contributed by atoms with Gasteiger partial charge in [0, 0.05) is 36.5 Å². The molecule has 0 fully saturated rings. The molecule has 6 unspecified atom stereocenters. The summed E-state index contributed by atoms with van der Waals surface area (Å²) in [7, 11) is 0. The molecule has 1 heterocycles. The van der Waals surface area contributed by atoms with E-state index in [2.05, 4.69) is 54.5 Å². The number of unbranched alkanes of at least 4 members (excludes halogenated alkanes) is 2. The van der Waals surface area contributed by atoms with Crippen molar-refractivity contribution in [2.24, 2.45) is 0 Å². The molecule has 0 aromatic heterocycles. The number of aliphatic hydroxyl groups is 4. The lowest BCUT2D eigenvalue weighted by molar-refractivity contribution is -0.137. The fraction of sp³-hybridized carbons (Fsp3) is 0.667. The normalized spacial score (nSPS) is 20.0. The number of fused-ring (bicyclic) bond motifs is 1. The van der Waals surface area contributed by atoms with E-state index < -0.39 is 24.3 Å². The Bertz CT molecular complexity index is 1180. The Morgan fingerprint density at radius 2 is 1.87 bits per heavy atom. The smallest absolute Gasteiger partial charge is 0.303 e. The van der Waals surface area contributed by atoms with Crippen molar-refractivity contribution in [3.8, 4) is 11.8 Å². The van der Waals surface area contributed by atoms with Crippen molar-refractivity contribution in [1.29, 1.82) is 0 Å². The molecule has 264 valence electrons. The number of carboxylic acids is 1. The Kier molecular flexibility index (Phi) is 19.9. The van der Waals surface area contributed by atoms with E-state index in [0.717, 1.165) is 73.8 Å². The molecule has 1 aliphatic rings. The number of nitrogens with one attached hydrogen (secondary N) is 2. The van der Waals surface area contributed by atoms with Gasteiger partial charge in [-0.2, -0.15) is 0 Å². The van der Waals surface area contributed by atoms with Crippen LogP contribution in [0.15, 0.2) is 41.5 Å². The summed E-state index contributed by atoms with van der Waals surface area (Å²) >= 11 is 0. The highest BCUT2D eigenvalue weighted by Crippen LogP contribution is 2.28. The summed E-state index contributed by atoms with van der Waals surface area (Å²) in [6.45, 7) is 8.43. The summed E-state index contributed by atoms with van der Waals surface area (Å²) in [5, 5.41) is 59.0. The second kappa shape index (κ2) is 23.0. The molecule has 0 amide bonds. The Hall–Kier alpha value is -2.51. The quantitative estimate of drug-likeness (QED) is 0.0752. The van der Waals surface area contributed by atoms with Crippen LogP contribution < -0.4 is 10.6 Å². The van der Waals surface area contributed by atoms with Crippen LogP contribution in [0.5, 0.6) is 0 Å². The minimum atomic E-state index is -0.964. The summed E-state index contributed by atoms with van der Waals surface area (Å²) in [5.41, 5.74) is 5.34. The number of carboxylic acid groups (broad SMARTS) is 1. The van der Waals surface area contributed by atoms with Gasteiger partial charge in [0.15, 0.2) is 0 Å². The third kappa shape index (κ3) is 15.1. The molecule has 1 aliphatic heterocycles. The summed E-state index contributed by atoms with van der Waals surface area (Å²) in [5.74, 6) is 5.99. The molecular formula is C39H62N2O6. The van der Waals surface area contributed by atoms with Gasteiger partial charge in [-0.25, -0.2) is 0 Å². The first-order valence-electron chi connectivity index (χ1n) is 18.0. The molecule has 0 saturated heterocycles. The maximum absolute atomic E-state index is 11.3. The van der Waals surface area contributed by atoms with Gasteiger partial charge in [0.25, 0.3) is 0 Å². The average Bonchev–Trinajstić information content (AvgIpc) is 3.04. The highest BCUT2D eigenvalue weighted by Gasteiger charge is 2.26. The van der Waals surface area contributed by atoms with E-state index >= 15 is 0 Å². The van der Waals surface area contributed by atoms with Crippen molar-refractivity contribution in [3.05, 3.63) is 58.2 Å². The number of carbonyl (C=O) groups is 1. The third-order valence-electron chi connectivity index (χ3n) is 9.18. The van der Waals surface area contributed by atoms with Gasteiger partial charge in [-0.3, -0.25) is 4.79 Å². The monoisotopic (exact) mass is 654 g/mol. The van der Waals surface area contributed by atoms with Crippen LogP contribution in [0.1, 0.15) is 121 Å². The Morgan fingerprint density at radius 1 is 1.09 bits per heavy atom. The van der Waals surface area contributed by atoms with Crippen molar-refractivity contribution in [1.82, 2.24) is 10.6 Å². The van der Waals surface area contributed by atoms with E-state index in [1.54, 1.807) is 6.92 Å². The van der Waals surface area contributed by atoms with Gasteiger partial charge in [0.05, 0.1) is 24.9 Å². The molecule has 0 spiro atoms. The Balaban J connectivity index is 2.63. The highest BCUT2D eigenvalue weighted by molar-refractivity contribution is 5.66. The van der Waals surface area contributed by atoms with Crippen LogP contribution in [-0.4, -0.2) is 81.1 Å². The predicted molar refractivity (Wildman–Crippen MR) is 190 cm³/mol.